The first-order valence-electron chi connectivity index (χ1n) is 6.12. The average Bonchev–Trinajstić information content (AvgIpc) is 2.87. The Morgan fingerprint density at radius 2 is 2.37 bits per heavy atom. The molecule has 1 atom stereocenters. The van der Waals surface area contributed by atoms with Crippen LogP contribution in [0.3, 0.4) is 0 Å². The number of anilines is 2. The molecule has 1 amide bonds. The van der Waals surface area contributed by atoms with Crippen molar-refractivity contribution in [1.82, 2.24) is 0 Å². The Labute approximate surface area is 112 Å². The summed E-state index contributed by atoms with van der Waals surface area (Å²) < 4.78 is 10.9. The standard InChI is InChI=1S/C13H19N3O3/c1-18-13(4-5-19-8-13)7-16-9-2-3-11(14)10(6-9)12(15)17/h2-3,6,16H,4-5,7-8,14H2,1H3,(H2,15,17). The molecule has 0 bridgehead atoms. The summed E-state index contributed by atoms with van der Waals surface area (Å²) in [6.45, 7) is 1.86. The molecule has 0 aliphatic carbocycles. The topological polar surface area (TPSA) is 99.6 Å². The Kier molecular flexibility index (Phi) is 3.92. The molecule has 1 aliphatic rings. The molecule has 2 rings (SSSR count). The quantitative estimate of drug-likeness (QED) is 0.676. The maximum absolute atomic E-state index is 11.2. The molecule has 1 aliphatic heterocycles. The predicted molar refractivity (Wildman–Crippen MR) is 73.0 cm³/mol. The fraction of sp³-hybridized carbons (Fsp3) is 0.462. The SMILES string of the molecule is COC1(CNc2ccc(N)c(C(N)=O)c2)CCOC1. The van der Waals surface area contributed by atoms with Crippen molar-refractivity contribution in [1.29, 1.82) is 0 Å². The number of benzene rings is 1. The second kappa shape index (κ2) is 5.46. The summed E-state index contributed by atoms with van der Waals surface area (Å²) in [5.41, 5.74) is 12.1. The first-order chi connectivity index (χ1) is 9.06. The Bertz CT molecular complexity index is 470. The minimum Gasteiger partial charge on any atom is -0.398 e. The molecule has 1 aromatic rings. The van der Waals surface area contributed by atoms with Gasteiger partial charge in [0.2, 0.25) is 0 Å². The van der Waals surface area contributed by atoms with E-state index in [2.05, 4.69) is 5.32 Å². The van der Waals surface area contributed by atoms with Crippen LogP contribution in [-0.4, -0.2) is 38.4 Å². The van der Waals surface area contributed by atoms with Gasteiger partial charge >= 0.3 is 0 Å². The fourth-order valence-electron chi connectivity index (χ4n) is 2.10. The number of rotatable bonds is 5. The Morgan fingerprint density at radius 1 is 1.58 bits per heavy atom. The van der Waals surface area contributed by atoms with Crippen LogP contribution in [0.2, 0.25) is 0 Å². The highest BCUT2D eigenvalue weighted by atomic mass is 16.5. The third-order valence-electron chi connectivity index (χ3n) is 3.43. The predicted octanol–water partition coefficient (Wildman–Crippen LogP) is 0.585. The zero-order chi connectivity index (χ0) is 13.9. The minimum absolute atomic E-state index is 0.311. The summed E-state index contributed by atoms with van der Waals surface area (Å²) in [6, 6.07) is 5.12. The zero-order valence-corrected chi connectivity index (χ0v) is 10.9. The van der Waals surface area contributed by atoms with Crippen molar-refractivity contribution in [2.75, 3.05) is 37.9 Å². The molecule has 5 N–H and O–H groups in total. The summed E-state index contributed by atoms with van der Waals surface area (Å²) in [7, 11) is 1.67. The molecule has 0 radical (unpaired) electrons. The summed E-state index contributed by atoms with van der Waals surface area (Å²) >= 11 is 0. The summed E-state index contributed by atoms with van der Waals surface area (Å²) in [4.78, 5) is 11.2. The lowest BCUT2D eigenvalue weighted by Crippen LogP contribution is -2.39. The monoisotopic (exact) mass is 265 g/mol. The minimum atomic E-state index is -0.535. The van der Waals surface area contributed by atoms with Crippen molar-refractivity contribution in [3.8, 4) is 0 Å². The second-order valence-electron chi connectivity index (χ2n) is 4.71. The highest BCUT2D eigenvalue weighted by molar-refractivity contribution is 5.98. The molecule has 0 saturated carbocycles. The van der Waals surface area contributed by atoms with E-state index in [1.165, 1.54) is 0 Å². The summed E-state index contributed by atoms with van der Waals surface area (Å²) in [6.07, 6.45) is 0.841. The van der Waals surface area contributed by atoms with Crippen LogP contribution in [-0.2, 0) is 9.47 Å². The van der Waals surface area contributed by atoms with Gasteiger partial charge in [0, 0.05) is 38.1 Å². The Balaban J connectivity index is 2.07. The molecule has 1 fully saturated rings. The number of nitrogens with two attached hydrogens (primary N) is 2. The van der Waals surface area contributed by atoms with Gasteiger partial charge in [-0.15, -0.1) is 0 Å². The van der Waals surface area contributed by atoms with Crippen LogP contribution in [0.1, 0.15) is 16.8 Å². The number of hydrogen-bond donors (Lipinski definition) is 3. The molecule has 104 valence electrons. The van der Waals surface area contributed by atoms with E-state index in [0.717, 1.165) is 12.1 Å². The smallest absolute Gasteiger partial charge is 0.250 e. The van der Waals surface area contributed by atoms with E-state index in [1.54, 1.807) is 25.3 Å². The molecule has 0 spiro atoms. The lowest BCUT2D eigenvalue weighted by molar-refractivity contribution is -0.00619. The molecule has 0 aromatic heterocycles. The van der Waals surface area contributed by atoms with Gasteiger partial charge in [0.25, 0.3) is 5.91 Å². The van der Waals surface area contributed by atoms with Crippen LogP contribution in [0.4, 0.5) is 11.4 Å². The van der Waals surface area contributed by atoms with Gasteiger partial charge in [0.15, 0.2) is 0 Å². The van der Waals surface area contributed by atoms with Gasteiger partial charge in [-0.2, -0.15) is 0 Å². The largest absolute Gasteiger partial charge is 0.398 e. The molecule has 1 heterocycles. The number of nitrogen functional groups attached to an aromatic ring is 1. The first-order valence-corrected chi connectivity index (χ1v) is 6.12. The molecule has 1 unspecified atom stereocenters. The van der Waals surface area contributed by atoms with E-state index >= 15 is 0 Å². The molecule has 1 saturated heterocycles. The third-order valence-corrected chi connectivity index (χ3v) is 3.43. The number of methoxy groups -OCH3 is 1. The third kappa shape index (κ3) is 2.97. The van der Waals surface area contributed by atoms with Gasteiger partial charge in [-0.05, 0) is 18.2 Å². The number of hydrogen-bond acceptors (Lipinski definition) is 5. The lowest BCUT2D eigenvalue weighted by atomic mass is 10.0. The molecular weight excluding hydrogens is 246 g/mol. The van der Waals surface area contributed by atoms with Crippen molar-refractivity contribution < 1.29 is 14.3 Å². The van der Waals surface area contributed by atoms with Gasteiger partial charge < -0.3 is 26.3 Å². The molecule has 1 aromatic carbocycles. The van der Waals surface area contributed by atoms with Crippen LogP contribution in [0.15, 0.2) is 18.2 Å². The Hall–Kier alpha value is -1.79. The van der Waals surface area contributed by atoms with Crippen molar-refractivity contribution in [2.45, 2.75) is 12.0 Å². The molecular formula is C13H19N3O3. The molecule has 6 nitrogen and oxygen atoms in total. The highest BCUT2D eigenvalue weighted by Crippen LogP contribution is 2.24. The number of nitrogens with one attached hydrogen (secondary N) is 1. The van der Waals surface area contributed by atoms with Gasteiger partial charge in [0.05, 0.1) is 12.2 Å². The van der Waals surface area contributed by atoms with Crippen molar-refractivity contribution in [3.05, 3.63) is 23.8 Å². The highest BCUT2D eigenvalue weighted by Gasteiger charge is 2.34. The van der Waals surface area contributed by atoms with Gasteiger partial charge in [-0.3, -0.25) is 4.79 Å². The van der Waals surface area contributed by atoms with E-state index in [9.17, 15) is 4.79 Å². The molecule has 6 heteroatoms. The fourth-order valence-corrected chi connectivity index (χ4v) is 2.10. The number of carbonyl (C=O) groups is 1. The van der Waals surface area contributed by atoms with Crippen LogP contribution in [0.25, 0.3) is 0 Å². The second-order valence-corrected chi connectivity index (χ2v) is 4.71. The number of ether oxygens (including phenoxy) is 2. The van der Waals surface area contributed by atoms with E-state index in [4.69, 9.17) is 20.9 Å². The average molecular weight is 265 g/mol. The van der Waals surface area contributed by atoms with Gasteiger partial charge in [0.1, 0.15) is 5.60 Å². The number of amides is 1. The van der Waals surface area contributed by atoms with E-state index in [1.807, 2.05) is 0 Å². The maximum atomic E-state index is 11.2. The van der Waals surface area contributed by atoms with E-state index in [0.29, 0.717) is 31.0 Å². The Morgan fingerprint density at radius 3 is 2.95 bits per heavy atom. The van der Waals surface area contributed by atoms with Crippen molar-refractivity contribution >= 4 is 17.3 Å². The van der Waals surface area contributed by atoms with Gasteiger partial charge in [-0.1, -0.05) is 0 Å². The maximum Gasteiger partial charge on any atom is 0.250 e. The summed E-state index contributed by atoms with van der Waals surface area (Å²) in [5.74, 6) is -0.535. The molecule has 19 heavy (non-hydrogen) atoms. The first kappa shape index (κ1) is 13.6. The van der Waals surface area contributed by atoms with Crippen LogP contribution in [0, 0.1) is 0 Å². The van der Waals surface area contributed by atoms with Crippen LogP contribution >= 0.6 is 0 Å². The van der Waals surface area contributed by atoms with Crippen LogP contribution in [0.5, 0.6) is 0 Å². The van der Waals surface area contributed by atoms with E-state index < -0.39 is 5.91 Å². The van der Waals surface area contributed by atoms with E-state index in [-0.39, 0.29) is 5.60 Å². The van der Waals surface area contributed by atoms with Crippen LogP contribution < -0.4 is 16.8 Å². The number of carbonyl (C=O) groups excluding carboxylic acids is 1. The van der Waals surface area contributed by atoms with Gasteiger partial charge in [-0.25, -0.2) is 0 Å². The van der Waals surface area contributed by atoms with Crippen molar-refractivity contribution in [2.24, 2.45) is 5.73 Å². The summed E-state index contributed by atoms with van der Waals surface area (Å²) in [5, 5.41) is 3.23. The zero-order valence-electron chi connectivity index (χ0n) is 10.9. The van der Waals surface area contributed by atoms with Crippen molar-refractivity contribution in [3.63, 3.8) is 0 Å². The lowest BCUT2D eigenvalue weighted by Gasteiger charge is -2.26. The number of primary amides is 1. The normalized spacial score (nSPS) is 22.4.